The first-order chi connectivity index (χ1) is 14.8. The van der Waals surface area contributed by atoms with Crippen LogP contribution in [0.3, 0.4) is 0 Å². The zero-order chi connectivity index (χ0) is 23.0. The third kappa shape index (κ3) is 7.69. The van der Waals surface area contributed by atoms with Crippen LogP contribution in [0.2, 0.25) is 0 Å². The van der Waals surface area contributed by atoms with Crippen molar-refractivity contribution in [2.45, 2.75) is 32.7 Å². The van der Waals surface area contributed by atoms with E-state index in [2.05, 4.69) is 17.1 Å². The van der Waals surface area contributed by atoms with Gasteiger partial charge in [0.25, 0.3) is 5.91 Å². The Morgan fingerprint density at radius 3 is 2.65 bits per heavy atom. The molecule has 1 heterocycles. The molecule has 31 heavy (non-hydrogen) atoms. The van der Waals surface area contributed by atoms with Gasteiger partial charge in [-0.1, -0.05) is 13.8 Å². The van der Waals surface area contributed by atoms with Crippen LogP contribution in [0.15, 0.2) is 12.1 Å². The van der Waals surface area contributed by atoms with Crippen molar-refractivity contribution >= 4 is 28.5 Å². The third-order valence-corrected chi connectivity index (χ3v) is 6.39. The molecule has 0 spiro atoms. The van der Waals surface area contributed by atoms with Gasteiger partial charge in [-0.05, 0) is 36.8 Å². The van der Waals surface area contributed by atoms with E-state index in [1.165, 1.54) is 6.42 Å². The molecule has 4 atom stereocenters. The summed E-state index contributed by atoms with van der Waals surface area (Å²) in [4.78, 5) is 19.7. The third-order valence-electron chi connectivity index (χ3n) is 5.40. The highest BCUT2D eigenvalue weighted by Gasteiger charge is 2.34. The number of aromatic nitrogens is 1. The predicted octanol–water partition coefficient (Wildman–Crippen LogP) is 1.73. The van der Waals surface area contributed by atoms with Gasteiger partial charge in [-0.3, -0.25) is 9.10 Å². The summed E-state index contributed by atoms with van der Waals surface area (Å²) >= 11 is 0. The van der Waals surface area contributed by atoms with Gasteiger partial charge in [0.1, 0.15) is 29.3 Å². The van der Waals surface area contributed by atoms with E-state index in [1.807, 2.05) is 6.92 Å². The number of pyridine rings is 1. The van der Waals surface area contributed by atoms with Gasteiger partial charge >= 0.3 is 0 Å². The first-order valence-corrected chi connectivity index (χ1v) is 12.3. The lowest BCUT2D eigenvalue weighted by atomic mass is 10.2. The molecule has 1 aliphatic carbocycles. The fourth-order valence-electron chi connectivity index (χ4n) is 3.32. The van der Waals surface area contributed by atoms with Gasteiger partial charge in [0.15, 0.2) is 0 Å². The number of hydrogen-bond acceptors (Lipinski definition) is 6. The summed E-state index contributed by atoms with van der Waals surface area (Å²) in [6.45, 7) is 6.06. The SMILES string of the molecule is CCCN(c1cc(C(=O)NCC(N)CF)cc(N(CCOC)CC2CC2C)n1)S(C)=O. The van der Waals surface area contributed by atoms with Gasteiger partial charge in [0, 0.05) is 45.1 Å². The second-order valence-corrected chi connectivity index (χ2v) is 9.42. The minimum Gasteiger partial charge on any atom is -0.383 e. The van der Waals surface area contributed by atoms with Crippen LogP contribution in [0.5, 0.6) is 0 Å². The molecule has 8 nitrogen and oxygen atoms in total. The second kappa shape index (κ2) is 12.3. The molecule has 1 aromatic heterocycles. The zero-order valence-electron chi connectivity index (χ0n) is 19.0. The summed E-state index contributed by atoms with van der Waals surface area (Å²) in [6, 6.07) is 2.61. The molecule has 0 aliphatic heterocycles. The maximum Gasteiger partial charge on any atom is 0.251 e. The molecule has 1 amide bonds. The molecule has 0 saturated heterocycles. The Morgan fingerprint density at radius 1 is 1.42 bits per heavy atom. The first-order valence-electron chi connectivity index (χ1n) is 10.8. The van der Waals surface area contributed by atoms with Gasteiger partial charge in [-0.15, -0.1) is 0 Å². The second-order valence-electron chi connectivity index (χ2n) is 8.13. The molecule has 10 heteroatoms. The number of rotatable bonds is 14. The summed E-state index contributed by atoms with van der Waals surface area (Å²) in [6.07, 6.45) is 3.54. The van der Waals surface area contributed by atoms with E-state index in [1.54, 1.807) is 29.8 Å². The largest absolute Gasteiger partial charge is 0.383 e. The number of carbonyl (C=O) groups is 1. The van der Waals surface area contributed by atoms with Crippen LogP contribution < -0.4 is 20.3 Å². The van der Waals surface area contributed by atoms with E-state index >= 15 is 0 Å². The number of nitrogens with one attached hydrogen (secondary N) is 1. The highest BCUT2D eigenvalue weighted by Crippen LogP contribution is 2.39. The molecule has 1 saturated carbocycles. The maximum absolute atomic E-state index is 12.8. The van der Waals surface area contributed by atoms with Crippen LogP contribution in [0.4, 0.5) is 16.0 Å². The Morgan fingerprint density at radius 2 is 2.10 bits per heavy atom. The molecule has 3 N–H and O–H groups in total. The fourth-order valence-corrected chi connectivity index (χ4v) is 4.11. The molecular weight excluding hydrogens is 421 g/mol. The van der Waals surface area contributed by atoms with Crippen molar-refractivity contribution in [3.8, 4) is 0 Å². The number of carbonyl (C=O) groups excluding carboxylic acids is 1. The Balaban J connectivity index is 2.39. The van der Waals surface area contributed by atoms with Crippen LogP contribution in [-0.2, 0) is 15.7 Å². The lowest BCUT2D eigenvalue weighted by Gasteiger charge is -2.27. The topological polar surface area (TPSA) is 101 Å². The number of nitrogens with two attached hydrogens (primary N) is 1. The smallest absolute Gasteiger partial charge is 0.251 e. The average Bonchev–Trinajstić information content (AvgIpc) is 3.46. The average molecular weight is 458 g/mol. The Bertz CT molecular complexity index is 754. The van der Waals surface area contributed by atoms with Crippen molar-refractivity contribution in [1.82, 2.24) is 10.3 Å². The molecule has 1 aromatic rings. The van der Waals surface area contributed by atoms with Gasteiger partial charge in [0.05, 0.1) is 12.6 Å². The minimum atomic E-state index is -1.29. The fraction of sp³-hybridized carbons (Fsp3) is 0.714. The number of methoxy groups -OCH3 is 1. The van der Waals surface area contributed by atoms with Crippen molar-refractivity contribution in [1.29, 1.82) is 0 Å². The number of alkyl halides is 1. The van der Waals surface area contributed by atoms with Crippen molar-refractivity contribution in [3.63, 3.8) is 0 Å². The van der Waals surface area contributed by atoms with Gasteiger partial charge in [-0.25, -0.2) is 13.6 Å². The lowest BCUT2D eigenvalue weighted by Crippen LogP contribution is -2.39. The quantitative estimate of drug-likeness (QED) is 0.441. The van der Waals surface area contributed by atoms with Crippen LogP contribution in [0.25, 0.3) is 0 Å². The summed E-state index contributed by atoms with van der Waals surface area (Å²) in [5, 5.41) is 2.68. The van der Waals surface area contributed by atoms with E-state index in [-0.39, 0.29) is 12.5 Å². The molecular formula is C21H36FN5O3S. The maximum atomic E-state index is 12.8. The first kappa shape index (κ1) is 25.5. The van der Waals surface area contributed by atoms with Crippen LogP contribution in [0, 0.1) is 11.8 Å². The number of amides is 1. The van der Waals surface area contributed by atoms with Crippen molar-refractivity contribution in [3.05, 3.63) is 17.7 Å². The molecule has 0 radical (unpaired) electrons. The van der Waals surface area contributed by atoms with Crippen molar-refractivity contribution < 1.29 is 18.1 Å². The standard InChI is InChI=1S/C21H36FN5O3S/c1-5-6-27(31(4)29)20-11-16(21(28)24-13-18(23)12-22)10-19(25-20)26(7-8-30-3)14-17-9-15(17)2/h10-11,15,17-18H,5-9,12-14,23H2,1-4H3,(H,24,28). The Labute approximate surface area is 187 Å². The molecule has 0 aromatic carbocycles. The number of anilines is 2. The van der Waals surface area contributed by atoms with Crippen LogP contribution >= 0.6 is 0 Å². The minimum absolute atomic E-state index is 0.0354. The Kier molecular flexibility index (Phi) is 10.1. The number of hydrogen-bond donors (Lipinski definition) is 2. The number of ether oxygens (including phenoxy) is 1. The zero-order valence-corrected chi connectivity index (χ0v) is 19.8. The monoisotopic (exact) mass is 457 g/mol. The van der Waals surface area contributed by atoms with E-state index < -0.39 is 23.7 Å². The molecule has 1 aliphatic rings. The van der Waals surface area contributed by atoms with Crippen molar-refractivity contribution in [2.24, 2.45) is 17.6 Å². The lowest BCUT2D eigenvalue weighted by molar-refractivity contribution is 0.0950. The summed E-state index contributed by atoms with van der Waals surface area (Å²) in [7, 11) is 0.358. The van der Waals surface area contributed by atoms with Gasteiger partial charge < -0.3 is 20.7 Å². The van der Waals surface area contributed by atoms with E-state index in [0.29, 0.717) is 48.7 Å². The number of nitrogens with zero attached hydrogens (tertiary/aromatic N) is 3. The molecule has 176 valence electrons. The van der Waals surface area contributed by atoms with E-state index in [0.717, 1.165) is 13.0 Å². The normalized spacial score (nSPS) is 19.5. The van der Waals surface area contributed by atoms with E-state index in [9.17, 15) is 13.4 Å². The molecule has 1 fully saturated rings. The van der Waals surface area contributed by atoms with E-state index in [4.69, 9.17) is 15.5 Å². The van der Waals surface area contributed by atoms with Crippen LogP contribution in [-0.4, -0.2) is 74.0 Å². The highest BCUT2D eigenvalue weighted by molar-refractivity contribution is 7.85. The summed E-state index contributed by atoms with van der Waals surface area (Å²) in [5.41, 5.74) is 5.97. The van der Waals surface area contributed by atoms with Crippen molar-refractivity contribution in [2.75, 3.05) is 62.0 Å². The Hall–Kier alpha value is -1.78. The predicted molar refractivity (Wildman–Crippen MR) is 124 cm³/mol. The molecule has 2 rings (SSSR count). The highest BCUT2D eigenvalue weighted by atomic mass is 32.2. The molecule has 4 unspecified atom stereocenters. The van der Waals surface area contributed by atoms with Crippen LogP contribution in [0.1, 0.15) is 37.0 Å². The summed E-state index contributed by atoms with van der Waals surface area (Å²) in [5.74, 6) is 2.00. The van der Waals surface area contributed by atoms with Gasteiger partial charge in [-0.2, -0.15) is 0 Å². The summed E-state index contributed by atoms with van der Waals surface area (Å²) < 4.78 is 32.0. The number of halogens is 1. The van der Waals surface area contributed by atoms with Gasteiger partial charge in [0.2, 0.25) is 0 Å². The molecule has 0 bridgehead atoms.